The number of anilines is 1. The van der Waals surface area contributed by atoms with E-state index in [4.69, 9.17) is 19.9 Å². The normalized spacial score (nSPS) is 10.4. The summed E-state index contributed by atoms with van der Waals surface area (Å²) in [4.78, 5) is 28.3. The third-order valence-corrected chi connectivity index (χ3v) is 5.21. The summed E-state index contributed by atoms with van der Waals surface area (Å²) in [5.41, 5.74) is 7.29. The van der Waals surface area contributed by atoms with Crippen molar-refractivity contribution >= 4 is 28.5 Å². The number of aromatic nitrogens is 2. The zero-order valence-electron chi connectivity index (χ0n) is 18.3. The smallest absolute Gasteiger partial charge is 0.319 e. The highest BCUT2D eigenvalue weighted by molar-refractivity contribution is 7.11. The third kappa shape index (κ3) is 6.56. The molecule has 4 N–H and O–H groups in total. The van der Waals surface area contributed by atoms with Crippen molar-refractivity contribution in [1.82, 2.24) is 14.7 Å². The molecule has 0 spiro atoms. The molecule has 1 aromatic carbocycles. The molecule has 0 radical (unpaired) electrons. The van der Waals surface area contributed by atoms with E-state index in [0.29, 0.717) is 31.1 Å². The fraction of sp³-hybridized carbons (Fsp3) is 0.273. The Morgan fingerprint density at radius 1 is 1.15 bits per heavy atom. The number of nitrogens with zero attached hydrogens (tertiary/aromatic N) is 2. The number of primary amides is 1. The second kappa shape index (κ2) is 11.7. The van der Waals surface area contributed by atoms with Gasteiger partial charge in [0, 0.05) is 24.5 Å². The molecule has 3 aromatic rings. The first-order valence-corrected chi connectivity index (χ1v) is 10.9. The second-order valence-electron chi connectivity index (χ2n) is 6.76. The van der Waals surface area contributed by atoms with Crippen LogP contribution in [0.15, 0.2) is 42.7 Å². The minimum atomic E-state index is -0.748. The van der Waals surface area contributed by atoms with Gasteiger partial charge in [0.1, 0.15) is 17.2 Å². The SMILES string of the molecule is CCOc1cc(CCNC(=O)Nc2snc(OCc3cccnc3)c2C(N)=O)ccc1OC. The number of carbonyl (C=O) groups is 2. The van der Waals surface area contributed by atoms with Gasteiger partial charge in [-0.05, 0) is 48.6 Å². The Hall–Kier alpha value is -3.86. The van der Waals surface area contributed by atoms with E-state index >= 15 is 0 Å². The first kappa shape index (κ1) is 23.8. The van der Waals surface area contributed by atoms with Gasteiger partial charge in [-0.2, -0.15) is 4.37 Å². The number of rotatable bonds is 11. The minimum Gasteiger partial charge on any atom is -0.493 e. The van der Waals surface area contributed by atoms with Crippen LogP contribution in [0.5, 0.6) is 17.4 Å². The average Bonchev–Trinajstić information content (AvgIpc) is 3.21. The summed E-state index contributed by atoms with van der Waals surface area (Å²) >= 11 is 0.915. The van der Waals surface area contributed by atoms with Crippen LogP contribution in [0.3, 0.4) is 0 Å². The topological polar surface area (TPSA) is 138 Å². The number of hydrogen-bond acceptors (Lipinski definition) is 8. The summed E-state index contributed by atoms with van der Waals surface area (Å²) in [6, 6.07) is 8.72. The highest BCUT2D eigenvalue weighted by atomic mass is 32.1. The quantitative estimate of drug-likeness (QED) is 0.391. The summed E-state index contributed by atoms with van der Waals surface area (Å²) < 4.78 is 20.6. The van der Waals surface area contributed by atoms with Crippen LogP contribution in [0.2, 0.25) is 0 Å². The lowest BCUT2D eigenvalue weighted by Crippen LogP contribution is -2.31. The molecule has 0 saturated carbocycles. The number of methoxy groups -OCH3 is 1. The van der Waals surface area contributed by atoms with Crippen molar-refractivity contribution in [2.24, 2.45) is 5.73 Å². The van der Waals surface area contributed by atoms with Gasteiger partial charge < -0.3 is 25.3 Å². The third-order valence-electron chi connectivity index (χ3n) is 4.46. The van der Waals surface area contributed by atoms with Gasteiger partial charge in [-0.25, -0.2) is 4.79 Å². The Bertz CT molecular complexity index is 1090. The lowest BCUT2D eigenvalue weighted by molar-refractivity contribution is 0.0996. The predicted molar refractivity (Wildman–Crippen MR) is 124 cm³/mol. The van der Waals surface area contributed by atoms with Gasteiger partial charge in [0.25, 0.3) is 5.91 Å². The molecule has 2 heterocycles. The van der Waals surface area contributed by atoms with Crippen LogP contribution in [0.25, 0.3) is 0 Å². The number of carbonyl (C=O) groups excluding carboxylic acids is 2. The maximum Gasteiger partial charge on any atom is 0.319 e. The summed E-state index contributed by atoms with van der Waals surface area (Å²) in [5, 5.41) is 5.58. The van der Waals surface area contributed by atoms with Gasteiger partial charge in [-0.1, -0.05) is 12.1 Å². The summed E-state index contributed by atoms with van der Waals surface area (Å²) in [6.45, 7) is 2.94. The van der Waals surface area contributed by atoms with E-state index in [0.717, 1.165) is 22.7 Å². The molecule has 0 saturated heterocycles. The molecule has 3 rings (SSSR count). The van der Waals surface area contributed by atoms with Crippen LogP contribution in [-0.2, 0) is 13.0 Å². The van der Waals surface area contributed by atoms with Crippen LogP contribution in [0.4, 0.5) is 9.80 Å². The Balaban J connectivity index is 1.56. The molecule has 0 atom stereocenters. The highest BCUT2D eigenvalue weighted by Gasteiger charge is 2.22. The van der Waals surface area contributed by atoms with Gasteiger partial charge in [-0.3, -0.25) is 15.1 Å². The number of ether oxygens (including phenoxy) is 3. The molecule has 0 bridgehead atoms. The number of nitrogens with two attached hydrogens (primary N) is 1. The minimum absolute atomic E-state index is 0.0237. The molecule has 0 fully saturated rings. The standard InChI is InChI=1S/C22H25N5O5S/c1-3-31-17-11-14(6-7-16(17)30-2)8-10-25-22(29)26-21-18(19(23)28)20(27-33-21)32-13-15-5-4-9-24-12-15/h4-7,9,11-12H,3,8,10,13H2,1-2H3,(H2,23,28)(H2,25,26,29). The zero-order chi connectivity index (χ0) is 23.6. The number of nitrogens with one attached hydrogen (secondary N) is 2. The Labute approximate surface area is 195 Å². The van der Waals surface area contributed by atoms with Crippen molar-refractivity contribution in [1.29, 1.82) is 0 Å². The molecular weight excluding hydrogens is 446 g/mol. The maximum absolute atomic E-state index is 12.3. The van der Waals surface area contributed by atoms with E-state index in [2.05, 4.69) is 20.0 Å². The van der Waals surface area contributed by atoms with Gasteiger partial charge in [0.15, 0.2) is 11.5 Å². The molecule has 174 valence electrons. The molecule has 3 amide bonds. The lowest BCUT2D eigenvalue weighted by atomic mass is 10.1. The Morgan fingerprint density at radius 2 is 2.00 bits per heavy atom. The molecule has 10 nitrogen and oxygen atoms in total. The van der Waals surface area contributed by atoms with E-state index in [9.17, 15) is 9.59 Å². The van der Waals surface area contributed by atoms with Crippen molar-refractivity contribution in [2.45, 2.75) is 20.0 Å². The first-order chi connectivity index (χ1) is 16.0. The fourth-order valence-corrected chi connectivity index (χ4v) is 3.66. The average molecular weight is 472 g/mol. The molecule has 0 aliphatic carbocycles. The maximum atomic E-state index is 12.3. The molecule has 11 heteroatoms. The largest absolute Gasteiger partial charge is 0.493 e. The van der Waals surface area contributed by atoms with Crippen LogP contribution in [0, 0.1) is 0 Å². The van der Waals surface area contributed by atoms with Crippen molar-refractivity contribution in [3.63, 3.8) is 0 Å². The van der Waals surface area contributed by atoms with Crippen LogP contribution in [0.1, 0.15) is 28.4 Å². The fourth-order valence-electron chi connectivity index (χ4n) is 2.92. The van der Waals surface area contributed by atoms with Gasteiger partial charge in [0.2, 0.25) is 5.88 Å². The monoisotopic (exact) mass is 471 g/mol. The zero-order valence-corrected chi connectivity index (χ0v) is 19.1. The Kier molecular flexibility index (Phi) is 8.42. The van der Waals surface area contributed by atoms with Gasteiger partial charge in [0.05, 0.1) is 13.7 Å². The number of pyridine rings is 1. The van der Waals surface area contributed by atoms with E-state index in [1.807, 2.05) is 31.2 Å². The van der Waals surface area contributed by atoms with Crippen molar-refractivity contribution in [2.75, 3.05) is 25.6 Å². The van der Waals surface area contributed by atoms with E-state index in [1.165, 1.54) is 0 Å². The molecule has 0 aliphatic heterocycles. The lowest BCUT2D eigenvalue weighted by Gasteiger charge is -2.11. The summed E-state index contributed by atoms with van der Waals surface area (Å²) in [6.07, 6.45) is 3.86. The number of amides is 3. The van der Waals surface area contributed by atoms with Crippen molar-refractivity contribution in [3.8, 4) is 17.4 Å². The number of hydrogen-bond donors (Lipinski definition) is 3. The van der Waals surface area contributed by atoms with E-state index < -0.39 is 11.9 Å². The molecule has 0 aliphatic rings. The molecule has 0 unspecified atom stereocenters. The Morgan fingerprint density at radius 3 is 2.70 bits per heavy atom. The van der Waals surface area contributed by atoms with Crippen molar-refractivity contribution < 1.29 is 23.8 Å². The predicted octanol–water partition coefficient (Wildman–Crippen LogP) is 2.99. The molecule has 33 heavy (non-hydrogen) atoms. The first-order valence-electron chi connectivity index (χ1n) is 10.2. The van der Waals surface area contributed by atoms with Crippen LogP contribution >= 0.6 is 11.5 Å². The number of urea groups is 1. The molecular formula is C22H25N5O5S. The summed E-state index contributed by atoms with van der Waals surface area (Å²) in [5.74, 6) is 0.615. The van der Waals surface area contributed by atoms with E-state index in [-0.39, 0.29) is 23.1 Å². The highest BCUT2D eigenvalue weighted by Crippen LogP contribution is 2.31. The van der Waals surface area contributed by atoms with Crippen molar-refractivity contribution in [3.05, 3.63) is 59.4 Å². The van der Waals surface area contributed by atoms with Gasteiger partial charge in [-0.15, -0.1) is 0 Å². The number of benzene rings is 1. The summed E-state index contributed by atoms with van der Waals surface area (Å²) in [7, 11) is 1.58. The van der Waals surface area contributed by atoms with Gasteiger partial charge >= 0.3 is 6.03 Å². The van der Waals surface area contributed by atoms with Crippen LogP contribution < -0.4 is 30.6 Å². The second-order valence-corrected chi connectivity index (χ2v) is 7.53. The van der Waals surface area contributed by atoms with E-state index in [1.54, 1.807) is 25.6 Å². The van der Waals surface area contributed by atoms with Crippen LogP contribution in [-0.4, -0.2) is 41.6 Å². The molecule has 2 aromatic heterocycles.